The van der Waals surface area contributed by atoms with Gasteiger partial charge in [-0.25, -0.2) is 8.78 Å². The number of Topliss-reactive ketones (excluding diaryl/α,β-unsaturated/α-hetero) is 1. The van der Waals surface area contributed by atoms with E-state index in [1.807, 2.05) is 0 Å². The van der Waals surface area contributed by atoms with E-state index in [-0.39, 0.29) is 12.2 Å². The molecule has 0 saturated heterocycles. The number of carbonyl (C=O) groups is 1. The molecule has 0 fully saturated rings. The molecule has 0 unspecified atom stereocenters. The minimum atomic E-state index is -0.943. The molecule has 0 aliphatic heterocycles. The van der Waals surface area contributed by atoms with Crippen molar-refractivity contribution < 1.29 is 13.6 Å². The number of halogens is 2. The lowest BCUT2D eigenvalue weighted by Crippen LogP contribution is -2.03. The molecule has 2 aromatic rings. The number of aromatic nitrogens is 2. The van der Waals surface area contributed by atoms with Crippen molar-refractivity contribution in [3.05, 3.63) is 53.4 Å². The van der Waals surface area contributed by atoms with Crippen LogP contribution in [0.4, 0.5) is 8.78 Å². The Balaban J connectivity index is 2.15. The molecular formula is C12H10F2N2O. The zero-order valence-corrected chi connectivity index (χ0v) is 9.15. The number of aryl methyl sites for hydroxylation is 1. The van der Waals surface area contributed by atoms with Gasteiger partial charge in [-0.05, 0) is 17.7 Å². The van der Waals surface area contributed by atoms with Gasteiger partial charge in [0.15, 0.2) is 17.4 Å². The van der Waals surface area contributed by atoms with Crippen molar-refractivity contribution in [3.8, 4) is 0 Å². The van der Waals surface area contributed by atoms with Crippen LogP contribution < -0.4 is 0 Å². The first-order valence-electron chi connectivity index (χ1n) is 5.02. The maximum Gasteiger partial charge on any atom is 0.170 e. The monoisotopic (exact) mass is 236 g/mol. The van der Waals surface area contributed by atoms with Crippen LogP contribution in [0, 0.1) is 11.6 Å². The molecule has 2 rings (SSSR count). The molecule has 1 aromatic carbocycles. The van der Waals surface area contributed by atoms with E-state index >= 15 is 0 Å². The Morgan fingerprint density at radius 3 is 2.71 bits per heavy atom. The van der Waals surface area contributed by atoms with Crippen LogP contribution >= 0.6 is 0 Å². The Morgan fingerprint density at radius 2 is 2.12 bits per heavy atom. The van der Waals surface area contributed by atoms with Crippen molar-refractivity contribution in [2.24, 2.45) is 7.05 Å². The highest BCUT2D eigenvalue weighted by molar-refractivity contribution is 5.97. The fourth-order valence-electron chi connectivity index (χ4n) is 1.50. The van der Waals surface area contributed by atoms with Gasteiger partial charge in [0.05, 0.1) is 11.8 Å². The number of rotatable bonds is 3. The van der Waals surface area contributed by atoms with Gasteiger partial charge in [-0.15, -0.1) is 0 Å². The van der Waals surface area contributed by atoms with Crippen LogP contribution in [0.2, 0.25) is 0 Å². The quantitative estimate of drug-likeness (QED) is 0.765. The summed E-state index contributed by atoms with van der Waals surface area (Å²) in [6.07, 6.45) is 3.06. The predicted octanol–water partition coefficient (Wildman–Crippen LogP) is 2.12. The minimum Gasteiger partial charge on any atom is -0.294 e. The van der Waals surface area contributed by atoms with Crippen LogP contribution in [0.5, 0.6) is 0 Å². The van der Waals surface area contributed by atoms with Crippen LogP contribution in [0.25, 0.3) is 0 Å². The number of benzene rings is 1. The SMILES string of the molecule is Cn1cc(C(=O)Cc2ccc(F)c(F)c2)cn1. The van der Waals surface area contributed by atoms with E-state index in [0.29, 0.717) is 11.1 Å². The van der Waals surface area contributed by atoms with E-state index in [0.717, 1.165) is 12.1 Å². The third kappa shape index (κ3) is 2.55. The largest absolute Gasteiger partial charge is 0.294 e. The highest BCUT2D eigenvalue weighted by atomic mass is 19.2. The van der Waals surface area contributed by atoms with E-state index < -0.39 is 11.6 Å². The van der Waals surface area contributed by atoms with Crippen LogP contribution in [0.15, 0.2) is 30.6 Å². The third-order valence-electron chi connectivity index (χ3n) is 2.38. The summed E-state index contributed by atoms with van der Waals surface area (Å²) in [5.41, 5.74) is 0.898. The number of carbonyl (C=O) groups excluding carboxylic acids is 1. The molecular weight excluding hydrogens is 226 g/mol. The summed E-state index contributed by atoms with van der Waals surface area (Å²) < 4.78 is 27.1. The molecule has 5 heteroatoms. The molecule has 0 aliphatic rings. The molecule has 3 nitrogen and oxygen atoms in total. The molecule has 88 valence electrons. The highest BCUT2D eigenvalue weighted by Crippen LogP contribution is 2.11. The second-order valence-electron chi connectivity index (χ2n) is 3.75. The number of nitrogens with zero attached hydrogens (tertiary/aromatic N) is 2. The second-order valence-corrected chi connectivity index (χ2v) is 3.75. The summed E-state index contributed by atoms with van der Waals surface area (Å²) in [6, 6.07) is 3.44. The Labute approximate surface area is 96.7 Å². The van der Waals surface area contributed by atoms with Crippen molar-refractivity contribution in [3.63, 3.8) is 0 Å². The zero-order chi connectivity index (χ0) is 12.4. The molecule has 0 atom stereocenters. The smallest absolute Gasteiger partial charge is 0.170 e. The summed E-state index contributed by atoms with van der Waals surface area (Å²) in [6.45, 7) is 0. The van der Waals surface area contributed by atoms with Gasteiger partial charge in [0.2, 0.25) is 0 Å². The molecule has 17 heavy (non-hydrogen) atoms. The lowest BCUT2D eigenvalue weighted by atomic mass is 10.1. The van der Waals surface area contributed by atoms with Gasteiger partial charge in [-0.3, -0.25) is 9.48 Å². The molecule has 0 N–H and O–H groups in total. The van der Waals surface area contributed by atoms with Crippen molar-refractivity contribution >= 4 is 5.78 Å². The maximum atomic E-state index is 12.9. The first-order valence-corrected chi connectivity index (χ1v) is 5.02. The zero-order valence-electron chi connectivity index (χ0n) is 9.15. The van der Waals surface area contributed by atoms with Gasteiger partial charge < -0.3 is 0 Å². The summed E-state index contributed by atoms with van der Waals surface area (Å²) in [7, 11) is 1.70. The molecule has 0 bridgehead atoms. The Bertz CT molecular complexity index is 563. The minimum absolute atomic E-state index is 0.0306. The second kappa shape index (κ2) is 4.45. The van der Waals surface area contributed by atoms with Gasteiger partial charge in [0.25, 0.3) is 0 Å². The van der Waals surface area contributed by atoms with Gasteiger partial charge in [0.1, 0.15) is 0 Å². The number of hydrogen-bond acceptors (Lipinski definition) is 2. The molecule has 0 spiro atoms. The Morgan fingerprint density at radius 1 is 1.35 bits per heavy atom. The van der Waals surface area contributed by atoms with Crippen molar-refractivity contribution in [1.29, 1.82) is 0 Å². The molecule has 0 radical (unpaired) electrons. The van der Waals surface area contributed by atoms with Gasteiger partial charge in [-0.2, -0.15) is 5.10 Å². The first kappa shape index (κ1) is 11.4. The van der Waals surface area contributed by atoms with E-state index in [4.69, 9.17) is 0 Å². The van der Waals surface area contributed by atoms with Crippen LogP contribution in [-0.4, -0.2) is 15.6 Å². The van der Waals surface area contributed by atoms with Crippen LogP contribution in [0.1, 0.15) is 15.9 Å². The summed E-state index contributed by atoms with van der Waals surface area (Å²) in [5, 5.41) is 3.87. The Kier molecular flexibility index (Phi) is 2.99. The van der Waals surface area contributed by atoms with Gasteiger partial charge >= 0.3 is 0 Å². The van der Waals surface area contributed by atoms with E-state index in [1.165, 1.54) is 16.9 Å². The standard InChI is InChI=1S/C12H10F2N2O/c1-16-7-9(6-15-16)12(17)5-8-2-3-10(13)11(14)4-8/h2-4,6-7H,5H2,1H3. The molecule has 1 heterocycles. The fraction of sp³-hybridized carbons (Fsp3) is 0.167. The van der Waals surface area contributed by atoms with E-state index in [2.05, 4.69) is 5.10 Å². The van der Waals surface area contributed by atoms with Crippen molar-refractivity contribution in [2.75, 3.05) is 0 Å². The topological polar surface area (TPSA) is 34.9 Å². The lowest BCUT2D eigenvalue weighted by molar-refractivity contribution is 0.0993. The highest BCUT2D eigenvalue weighted by Gasteiger charge is 2.10. The number of hydrogen-bond donors (Lipinski definition) is 0. The van der Waals surface area contributed by atoms with E-state index in [9.17, 15) is 13.6 Å². The van der Waals surface area contributed by atoms with E-state index in [1.54, 1.807) is 13.2 Å². The third-order valence-corrected chi connectivity index (χ3v) is 2.38. The van der Waals surface area contributed by atoms with Crippen LogP contribution in [-0.2, 0) is 13.5 Å². The lowest BCUT2D eigenvalue weighted by Gasteiger charge is -2.00. The average molecular weight is 236 g/mol. The fourth-order valence-corrected chi connectivity index (χ4v) is 1.50. The number of ketones is 1. The normalized spacial score (nSPS) is 10.5. The average Bonchev–Trinajstić information content (AvgIpc) is 2.70. The summed E-state index contributed by atoms with van der Waals surface area (Å²) in [5.74, 6) is -2.03. The van der Waals surface area contributed by atoms with Crippen molar-refractivity contribution in [2.45, 2.75) is 6.42 Å². The molecule has 0 saturated carbocycles. The molecule has 0 amide bonds. The first-order chi connectivity index (χ1) is 8.06. The molecule has 0 aliphatic carbocycles. The Hall–Kier alpha value is -2.04. The summed E-state index contributed by atoms with van der Waals surface area (Å²) >= 11 is 0. The van der Waals surface area contributed by atoms with Crippen molar-refractivity contribution in [1.82, 2.24) is 9.78 Å². The predicted molar refractivity (Wildman–Crippen MR) is 57.6 cm³/mol. The summed E-state index contributed by atoms with van der Waals surface area (Å²) in [4.78, 5) is 11.8. The maximum absolute atomic E-state index is 12.9. The van der Waals surface area contributed by atoms with Gasteiger partial charge in [-0.1, -0.05) is 6.07 Å². The van der Waals surface area contributed by atoms with Gasteiger partial charge in [0, 0.05) is 19.7 Å². The molecule has 1 aromatic heterocycles. The van der Waals surface area contributed by atoms with Crippen LogP contribution in [0.3, 0.4) is 0 Å².